The number of carbonyl (C=O) groups is 2. The van der Waals surface area contributed by atoms with E-state index < -0.39 is 42.1 Å². The lowest BCUT2D eigenvalue weighted by atomic mass is 9.96. The van der Waals surface area contributed by atoms with E-state index in [0.717, 1.165) is 11.6 Å². The number of benzene rings is 3. The van der Waals surface area contributed by atoms with Gasteiger partial charge in [0.2, 0.25) is 5.91 Å². The molecule has 1 atom stereocenters. The maximum Gasteiger partial charge on any atom is 0.416 e. The summed E-state index contributed by atoms with van der Waals surface area (Å²) in [5.41, 5.74) is 1.56. The van der Waals surface area contributed by atoms with Crippen molar-refractivity contribution in [2.45, 2.75) is 18.8 Å². The van der Waals surface area contributed by atoms with Crippen molar-refractivity contribution >= 4 is 17.6 Å². The van der Waals surface area contributed by atoms with E-state index in [4.69, 9.17) is 0 Å². The van der Waals surface area contributed by atoms with Gasteiger partial charge in [0, 0.05) is 31.0 Å². The van der Waals surface area contributed by atoms with Crippen LogP contribution in [0.5, 0.6) is 0 Å². The van der Waals surface area contributed by atoms with E-state index in [0.29, 0.717) is 16.8 Å². The summed E-state index contributed by atoms with van der Waals surface area (Å²) < 4.78 is 55.5. The molecular formula is C32H26F4N4O2. The van der Waals surface area contributed by atoms with Crippen LogP contribution >= 0.6 is 0 Å². The highest BCUT2D eigenvalue weighted by Crippen LogP contribution is 2.38. The molecule has 0 radical (unpaired) electrons. The molecule has 4 aromatic rings. The van der Waals surface area contributed by atoms with Crippen molar-refractivity contribution in [1.29, 1.82) is 0 Å². The van der Waals surface area contributed by atoms with Gasteiger partial charge in [-0.05, 0) is 41.0 Å². The van der Waals surface area contributed by atoms with Gasteiger partial charge >= 0.3 is 12.2 Å². The van der Waals surface area contributed by atoms with Crippen LogP contribution in [0.15, 0.2) is 109 Å². The van der Waals surface area contributed by atoms with Crippen LogP contribution in [-0.2, 0) is 17.5 Å². The van der Waals surface area contributed by atoms with Gasteiger partial charge in [-0.3, -0.25) is 9.78 Å². The van der Waals surface area contributed by atoms with Crippen molar-refractivity contribution in [2.75, 3.05) is 18.4 Å². The predicted molar refractivity (Wildman–Crippen MR) is 151 cm³/mol. The maximum absolute atomic E-state index is 14.0. The van der Waals surface area contributed by atoms with Gasteiger partial charge in [-0.1, -0.05) is 72.8 Å². The first-order valence-corrected chi connectivity index (χ1v) is 13.1. The van der Waals surface area contributed by atoms with Gasteiger partial charge < -0.3 is 15.1 Å². The number of hydrogen-bond donors (Lipinski definition) is 1. The fraction of sp³-hybridized carbons (Fsp3) is 0.156. The summed E-state index contributed by atoms with van der Waals surface area (Å²) in [6.45, 7) is -0.509. The molecule has 0 aliphatic carbocycles. The topological polar surface area (TPSA) is 65.5 Å². The summed E-state index contributed by atoms with van der Waals surface area (Å²) in [6, 6.07) is 19.8. The van der Waals surface area contributed by atoms with Crippen molar-refractivity contribution in [3.05, 3.63) is 132 Å². The number of pyridine rings is 1. The second kappa shape index (κ2) is 12.3. The predicted octanol–water partition coefficient (Wildman–Crippen LogP) is 7.08. The van der Waals surface area contributed by atoms with Gasteiger partial charge in [0.05, 0.1) is 17.3 Å². The lowest BCUT2D eigenvalue weighted by Crippen LogP contribution is -2.46. The molecule has 5 rings (SSSR count). The Balaban J connectivity index is 1.46. The monoisotopic (exact) mass is 574 g/mol. The minimum absolute atomic E-state index is 0.0155. The molecule has 0 bridgehead atoms. The Morgan fingerprint density at radius 2 is 1.67 bits per heavy atom. The average molecular weight is 575 g/mol. The van der Waals surface area contributed by atoms with Gasteiger partial charge in [-0.2, -0.15) is 13.2 Å². The van der Waals surface area contributed by atoms with Gasteiger partial charge in [-0.15, -0.1) is 0 Å². The average Bonchev–Trinajstić information content (AvgIpc) is 2.98. The Bertz CT molecular complexity index is 1590. The fourth-order valence-electron chi connectivity index (χ4n) is 4.85. The Labute approximate surface area is 239 Å². The first-order valence-electron chi connectivity index (χ1n) is 13.1. The quantitative estimate of drug-likeness (QED) is 0.205. The van der Waals surface area contributed by atoms with Gasteiger partial charge in [0.25, 0.3) is 0 Å². The molecule has 42 heavy (non-hydrogen) atoms. The van der Waals surface area contributed by atoms with Gasteiger partial charge in [0.15, 0.2) is 0 Å². The zero-order valence-electron chi connectivity index (χ0n) is 22.3. The highest BCUT2D eigenvalue weighted by molar-refractivity contribution is 5.96. The van der Waals surface area contributed by atoms with Crippen LogP contribution in [0.25, 0.3) is 11.1 Å². The number of aromatic nitrogens is 1. The third-order valence-corrected chi connectivity index (χ3v) is 6.91. The van der Waals surface area contributed by atoms with Crippen molar-refractivity contribution in [3.63, 3.8) is 0 Å². The molecule has 0 unspecified atom stereocenters. The number of nitrogens with one attached hydrogen (secondary N) is 1. The van der Waals surface area contributed by atoms with E-state index in [-0.39, 0.29) is 18.7 Å². The van der Waals surface area contributed by atoms with E-state index in [1.165, 1.54) is 64.5 Å². The molecule has 2 heterocycles. The number of anilines is 1. The molecule has 1 aromatic heterocycles. The van der Waals surface area contributed by atoms with Crippen LogP contribution in [0.1, 0.15) is 22.7 Å². The summed E-state index contributed by atoms with van der Waals surface area (Å²) in [5.74, 6) is -1.05. The zero-order chi connectivity index (χ0) is 29.7. The lowest BCUT2D eigenvalue weighted by Gasteiger charge is -2.35. The maximum atomic E-state index is 14.0. The Hall–Kier alpha value is -4.99. The third kappa shape index (κ3) is 6.49. The molecule has 0 saturated carbocycles. The molecule has 0 fully saturated rings. The minimum Gasteiger partial charge on any atom is -0.326 e. The van der Waals surface area contributed by atoms with Gasteiger partial charge in [0.1, 0.15) is 12.4 Å². The normalized spacial score (nSPS) is 16.5. The molecule has 3 amide bonds. The molecule has 1 aliphatic heterocycles. The van der Waals surface area contributed by atoms with Gasteiger partial charge in [-0.25, -0.2) is 9.18 Å². The van der Waals surface area contributed by atoms with Crippen LogP contribution in [0.4, 0.5) is 28.0 Å². The van der Waals surface area contributed by atoms with Crippen molar-refractivity contribution in [1.82, 2.24) is 14.8 Å². The summed E-state index contributed by atoms with van der Waals surface area (Å²) >= 11 is 0. The fourth-order valence-corrected chi connectivity index (χ4v) is 4.85. The Kier molecular flexibility index (Phi) is 8.33. The first kappa shape index (κ1) is 28.5. The molecule has 0 saturated heterocycles. The summed E-state index contributed by atoms with van der Waals surface area (Å²) in [7, 11) is 0. The van der Waals surface area contributed by atoms with Crippen LogP contribution in [0, 0.1) is 5.82 Å². The summed E-state index contributed by atoms with van der Waals surface area (Å²) in [6.07, 6.45) is 1.58. The van der Waals surface area contributed by atoms with Crippen LogP contribution < -0.4 is 5.32 Å². The Morgan fingerprint density at radius 3 is 2.40 bits per heavy atom. The number of carbonyl (C=O) groups excluding carboxylic acids is 2. The molecule has 1 aliphatic rings. The van der Waals surface area contributed by atoms with E-state index in [1.807, 2.05) is 30.3 Å². The number of amides is 3. The highest BCUT2D eigenvalue weighted by Gasteiger charge is 2.37. The van der Waals surface area contributed by atoms with Crippen molar-refractivity contribution in [2.24, 2.45) is 0 Å². The molecular weight excluding hydrogens is 548 g/mol. The number of urea groups is 1. The molecule has 6 nitrogen and oxygen atoms in total. The highest BCUT2D eigenvalue weighted by atomic mass is 19.4. The van der Waals surface area contributed by atoms with E-state index >= 15 is 0 Å². The minimum atomic E-state index is -4.65. The molecule has 214 valence electrons. The number of halogens is 4. The second-order valence-electron chi connectivity index (χ2n) is 9.70. The third-order valence-electron chi connectivity index (χ3n) is 6.91. The summed E-state index contributed by atoms with van der Waals surface area (Å²) in [4.78, 5) is 33.9. The Morgan fingerprint density at radius 1 is 0.952 bits per heavy atom. The molecule has 10 heteroatoms. The SMILES string of the molecule is O=C(Nc1ccncc1-c1ccccc1)N1C/C=C\[C@H](c2ccccc2C(F)(F)F)N(Cc2ccc(F)cc2)C(=O)C1. The van der Waals surface area contributed by atoms with E-state index in [2.05, 4.69) is 10.3 Å². The number of alkyl halides is 3. The number of hydrogen-bond acceptors (Lipinski definition) is 3. The van der Waals surface area contributed by atoms with Crippen LogP contribution in [0.2, 0.25) is 0 Å². The lowest BCUT2D eigenvalue weighted by molar-refractivity contribution is -0.141. The summed E-state index contributed by atoms with van der Waals surface area (Å²) in [5, 5.41) is 2.84. The number of rotatable bonds is 5. The smallest absolute Gasteiger partial charge is 0.326 e. The molecule has 3 aromatic carbocycles. The van der Waals surface area contributed by atoms with E-state index in [1.54, 1.807) is 18.3 Å². The molecule has 0 spiro atoms. The largest absolute Gasteiger partial charge is 0.416 e. The second-order valence-corrected chi connectivity index (χ2v) is 9.70. The van der Waals surface area contributed by atoms with Crippen molar-refractivity contribution < 1.29 is 27.2 Å². The first-order chi connectivity index (χ1) is 20.2. The standard InChI is InChI=1S/C32H26F4N4O2/c33-24-14-12-22(13-15-24)20-40-29(25-9-4-5-10-27(25)32(34,35)36)11-6-18-39(21-30(40)41)31(42)38-28-16-17-37-19-26(28)23-7-2-1-3-8-23/h1-17,19,29H,18,20-21H2,(H,37,38,42)/b11-6-/t29-/m1/s1. The van der Waals surface area contributed by atoms with E-state index in [9.17, 15) is 27.2 Å². The van der Waals surface area contributed by atoms with Crippen LogP contribution in [-0.4, -0.2) is 39.8 Å². The molecule has 1 N–H and O–H groups in total. The van der Waals surface area contributed by atoms with Crippen molar-refractivity contribution in [3.8, 4) is 11.1 Å². The van der Waals surface area contributed by atoms with Crippen LogP contribution in [0.3, 0.4) is 0 Å². The number of nitrogens with zero attached hydrogens (tertiary/aromatic N) is 3. The zero-order valence-corrected chi connectivity index (χ0v) is 22.3.